The van der Waals surface area contributed by atoms with Crippen molar-refractivity contribution in [3.63, 3.8) is 0 Å². The predicted octanol–water partition coefficient (Wildman–Crippen LogP) is 9.93. The first-order valence-corrected chi connectivity index (χ1v) is 18.4. The van der Waals surface area contributed by atoms with E-state index in [4.69, 9.17) is 14.7 Å². The van der Waals surface area contributed by atoms with Crippen molar-refractivity contribution in [1.29, 1.82) is 0 Å². The van der Waals surface area contributed by atoms with E-state index in [-0.39, 0.29) is 17.6 Å². The fraction of sp³-hybridized carbons (Fsp3) is 0.452. The van der Waals surface area contributed by atoms with E-state index in [1.54, 1.807) is 0 Å². The zero-order valence-corrected chi connectivity index (χ0v) is 30.3. The second kappa shape index (κ2) is 12.4. The number of benzene rings is 3. The summed E-state index contributed by atoms with van der Waals surface area (Å²) in [6.07, 6.45) is 7.49. The number of H-pyrrole nitrogens is 2. The Balaban J connectivity index is 0.956. The van der Waals surface area contributed by atoms with Gasteiger partial charge in [-0.1, -0.05) is 75.4 Å². The van der Waals surface area contributed by atoms with Crippen LogP contribution in [-0.2, 0) is 4.74 Å². The van der Waals surface area contributed by atoms with Gasteiger partial charge in [-0.05, 0) is 104 Å². The first kappa shape index (κ1) is 32.8. The number of nitrogens with zero attached hydrogens (tertiary/aromatic N) is 4. The molecule has 0 spiro atoms. The standard InChI is InChI=1S/C42H50N6O2/c1-41(2,3)25-48-32-19-17-31(22-32)37(48)39-43-24-35(46-39)29-15-13-27(14-16-29)26-9-11-28(12-10-26)30-18-20-33-34(23-30)45-38(44-33)36-8-7-21-47(36)40(49)50-42(4,5)6/h9-16,18,20,23-24,31-32,36-37H,7-8,17,19,21-22,25H2,1-6H3,(H,43,46)(H,44,45). The molecule has 8 rings (SSSR count). The largest absolute Gasteiger partial charge is 0.444 e. The summed E-state index contributed by atoms with van der Waals surface area (Å²) in [6.45, 7) is 14.5. The number of aromatic amines is 2. The van der Waals surface area contributed by atoms with Gasteiger partial charge in [0, 0.05) is 19.1 Å². The summed E-state index contributed by atoms with van der Waals surface area (Å²) < 4.78 is 5.67. The lowest BCUT2D eigenvalue weighted by molar-refractivity contribution is 0.0219. The average molecular weight is 671 g/mol. The minimum absolute atomic E-state index is 0.104. The maximum atomic E-state index is 12.9. The molecule has 1 saturated carbocycles. The van der Waals surface area contributed by atoms with Gasteiger partial charge in [0.2, 0.25) is 0 Å². The molecule has 2 N–H and O–H groups in total. The molecular formula is C42H50N6O2. The van der Waals surface area contributed by atoms with Crippen LogP contribution in [0.2, 0.25) is 0 Å². The number of fused-ring (bicyclic) bond motifs is 3. The summed E-state index contributed by atoms with van der Waals surface area (Å²) >= 11 is 0. The molecule has 3 aromatic carbocycles. The normalized spacial score (nSPS) is 22.6. The maximum Gasteiger partial charge on any atom is 0.410 e. The van der Waals surface area contributed by atoms with E-state index in [0.29, 0.717) is 24.5 Å². The summed E-state index contributed by atoms with van der Waals surface area (Å²) in [6, 6.07) is 24.9. The molecular weight excluding hydrogens is 621 g/mol. The molecule has 260 valence electrons. The second-order valence-corrected chi connectivity index (χ2v) is 16.9. The quantitative estimate of drug-likeness (QED) is 0.188. The lowest BCUT2D eigenvalue weighted by atomic mass is 9.92. The highest BCUT2D eigenvalue weighted by Crippen LogP contribution is 2.50. The van der Waals surface area contributed by atoms with E-state index in [0.717, 1.165) is 64.5 Å². The van der Waals surface area contributed by atoms with Crippen LogP contribution in [0.5, 0.6) is 0 Å². The number of carbonyl (C=O) groups excluding carboxylic acids is 1. The first-order valence-electron chi connectivity index (χ1n) is 18.4. The van der Waals surface area contributed by atoms with E-state index in [9.17, 15) is 4.79 Å². The number of ether oxygens (including phenoxy) is 1. The molecule has 1 aliphatic carbocycles. The highest BCUT2D eigenvalue weighted by Gasteiger charge is 2.48. The van der Waals surface area contributed by atoms with Crippen LogP contribution in [0.3, 0.4) is 0 Å². The van der Waals surface area contributed by atoms with Crippen molar-refractivity contribution >= 4 is 17.1 Å². The maximum absolute atomic E-state index is 12.9. The fourth-order valence-electron chi connectivity index (χ4n) is 8.52. The lowest BCUT2D eigenvalue weighted by Gasteiger charge is -2.38. The van der Waals surface area contributed by atoms with Crippen molar-refractivity contribution in [3.8, 4) is 33.5 Å². The predicted molar refractivity (Wildman–Crippen MR) is 199 cm³/mol. The Morgan fingerprint density at radius 1 is 0.820 bits per heavy atom. The van der Waals surface area contributed by atoms with Crippen molar-refractivity contribution < 1.29 is 9.53 Å². The van der Waals surface area contributed by atoms with Crippen LogP contribution in [-0.4, -0.2) is 60.6 Å². The van der Waals surface area contributed by atoms with Crippen molar-refractivity contribution in [2.45, 2.75) is 97.4 Å². The van der Waals surface area contributed by atoms with E-state index in [2.05, 4.69) is 102 Å². The van der Waals surface area contributed by atoms with Crippen LogP contribution in [0.1, 0.15) is 97.4 Å². The second-order valence-electron chi connectivity index (χ2n) is 16.9. The number of rotatable bonds is 6. The fourth-order valence-corrected chi connectivity index (χ4v) is 8.52. The van der Waals surface area contributed by atoms with Gasteiger partial charge in [0.1, 0.15) is 17.2 Å². The van der Waals surface area contributed by atoms with Crippen molar-refractivity contribution in [2.24, 2.45) is 11.3 Å². The molecule has 5 aromatic rings. The van der Waals surface area contributed by atoms with Crippen LogP contribution < -0.4 is 0 Å². The molecule has 8 nitrogen and oxygen atoms in total. The summed E-state index contributed by atoms with van der Waals surface area (Å²) in [4.78, 5) is 34.5. The summed E-state index contributed by atoms with van der Waals surface area (Å²) in [5.41, 5.74) is 8.49. The van der Waals surface area contributed by atoms with Crippen LogP contribution >= 0.6 is 0 Å². The zero-order valence-electron chi connectivity index (χ0n) is 30.3. The Hall–Kier alpha value is -4.43. The first-order chi connectivity index (χ1) is 23.9. The number of imidazole rings is 2. The summed E-state index contributed by atoms with van der Waals surface area (Å²) in [5.74, 6) is 2.65. The minimum atomic E-state index is -0.528. The topological polar surface area (TPSA) is 90.1 Å². The number of carbonyl (C=O) groups is 1. The molecule has 4 atom stereocenters. The van der Waals surface area contributed by atoms with Crippen LogP contribution in [0.25, 0.3) is 44.5 Å². The Labute approximate surface area is 295 Å². The molecule has 3 aliphatic rings. The van der Waals surface area contributed by atoms with Gasteiger partial charge in [0.05, 0.1) is 35.0 Å². The van der Waals surface area contributed by atoms with Gasteiger partial charge in [-0.15, -0.1) is 0 Å². The Morgan fingerprint density at radius 3 is 2.16 bits per heavy atom. The van der Waals surface area contributed by atoms with Crippen LogP contribution in [0.15, 0.2) is 72.9 Å². The van der Waals surface area contributed by atoms with E-state index in [1.807, 2.05) is 31.9 Å². The Kier molecular flexibility index (Phi) is 8.13. The summed E-state index contributed by atoms with van der Waals surface area (Å²) in [5, 5.41) is 0. The Bertz CT molecular complexity index is 1990. The van der Waals surface area contributed by atoms with Crippen LogP contribution in [0, 0.1) is 11.3 Å². The van der Waals surface area contributed by atoms with Crippen molar-refractivity contribution in [3.05, 3.63) is 84.6 Å². The molecule has 4 heterocycles. The molecule has 0 radical (unpaired) electrons. The van der Waals surface area contributed by atoms with Gasteiger partial charge in [0.25, 0.3) is 0 Å². The highest BCUT2D eigenvalue weighted by molar-refractivity contribution is 5.83. The smallest absolute Gasteiger partial charge is 0.410 e. The number of amides is 1. The number of hydrogen-bond acceptors (Lipinski definition) is 5. The third-order valence-electron chi connectivity index (χ3n) is 10.7. The van der Waals surface area contributed by atoms with Crippen molar-refractivity contribution in [1.82, 2.24) is 29.7 Å². The van der Waals surface area contributed by atoms with E-state index in [1.165, 1.54) is 30.4 Å². The molecule has 2 saturated heterocycles. The SMILES string of the molecule is CC(C)(C)CN1C2CCC(C2)C1c1ncc(-c2ccc(-c3ccc(-c4ccc5nc(C6CCCN6C(=O)OC(C)(C)C)[nH]c5c4)cc3)cc2)[nH]1. The third kappa shape index (κ3) is 6.46. The number of likely N-dealkylation sites (tertiary alicyclic amines) is 2. The Morgan fingerprint density at radius 2 is 1.48 bits per heavy atom. The van der Waals surface area contributed by atoms with Crippen LogP contribution in [0.4, 0.5) is 4.79 Å². The number of aromatic nitrogens is 4. The van der Waals surface area contributed by atoms with E-state index >= 15 is 0 Å². The number of piperidine rings is 1. The molecule has 3 fully saturated rings. The molecule has 4 unspecified atom stereocenters. The monoisotopic (exact) mass is 670 g/mol. The average Bonchev–Trinajstić information content (AvgIpc) is 3.91. The zero-order chi connectivity index (χ0) is 34.8. The van der Waals surface area contributed by atoms with Gasteiger partial charge in [-0.2, -0.15) is 0 Å². The van der Waals surface area contributed by atoms with Gasteiger partial charge >= 0.3 is 6.09 Å². The highest BCUT2D eigenvalue weighted by atomic mass is 16.6. The van der Waals surface area contributed by atoms with Gasteiger partial charge in [0.15, 0.2) is 0 Å². The van der Waals surface area contributed by atoms with Crippen molar-refractivity contribution in [2.75, 3.05) is 13.1 Å². The van der Waals surface area contributed by atoms with Gasteiger partial charge in [-0.3, -0.25) is 9.80 Å². The molecule has 2 aliphatic heterocycles. The lowest BCUT2D eigenvalue weighted by Crippen LogP contribution is -2.41. The minimum Gasteiger partial charge on any atom is -0.444 e. The molecule has 8 heteroatoms. The molecule has 50 heavy (non-hydrogen) atoms. The van der Waals surface area contributed by atoms with E-state index < -0.39 is 5.60 Å². The molecule has 1 amide bonds. The third-order valence-corrected chi connectivity index (χ3v) is 10.7. The van der Waals surface area contributed by atoms with Gasteiger partial charge < -0.3 is 14.7 Å². The number of nitrogens with one attached hydrogen (secondary N) is 2. The molecule has 2 bridgehead atoms. The summed E-state index contributed by atoms with van der Waals surface area (Å²) in [7, 11) is 0. The number of hydrogen-bond donors (Lipinski definition) is 2. The molecule has 2 aromatic heterocycles. The van der Waals surface area contributed by atoms with Gasteiger partial charge in [-0.25, -0.2) is 14.8 Å².